The van der Waals surface area contributed by atoms with Crippen molar-refractivity contribution in [1.29, 1.82) is 0 Å². The minimum atomic E-state index is 0.313. The van der Waals surface area contributed by atoms with Gasteiger partial charge in [-0.3, -0.25) is 0 Å². The van der Waals surface area contributed by atoms with E-state index in [1.165, 1.54) is 4.80 Å². The molecule has 20 heavy (non-hydrogen) atoms. The first kappa shape index (κ1) is 12.5. The molecule has 2 heterocycles. The van der Waals surface area contributed by atoms with Crippen molar-refractivity contribution < 1.29 is 4.42 Å². The van der Waals surface area contributed by atoms with Crippen LogP contribution in [0.15, 0.2) is 41.0 Å². The third-order valence-electron chi connectivity index (χ3n) is 2.71. The molecule has 0 saturated heterocycles. The van der Waals surface area contributed by atoms with Gasteiger partial charge in [-0.2, -0.15) is 4.98 Å². The van der Waals surface area contributed by atoms with Crippen LogP contribution in [0.2, 0.25) is 0 Å². The molecule has 0 aliphatic rings. The molecule has 3 aromatic rings. The summed E-state index contributed by atoms with van der Waals surface area (Å²) in [4.78, 5) is 5.58. The lowest BCUT2D eigenvalue weighted by Gasteiger charge is -1.93. The Morgan fingerprint density at radius 1 is 1.25 bits per heavy atom. The van der Waals surface area contributed by atoms with Crippen molar-refractivity contribution >= 4 is 0 Å². The average molecular weight is 270 g/mol. The first-order chi connectivity index (χ1) is 9.86. The number of nitrogens with zero attached hydrogens (tertiary/aromatic N) is 5. The van der Waals surface area contributed by atoms with Crippen molar-refractivity contribution in [2.24, 2.45) is 0 Å². The lowest BCUT2D eigenvalue weighted by atomic mass is 10.2. The van der Waals surface area contributed by atoms with Crippen LogP contribution in [0, 0.1) is 0 Å². The first-order valence-electron chi connectivity index (χ1n) is 6.37. The van der Waals surface area contributed by atoms with Crippen LogP contribution in [0.3, 0.4) is 0 Å². The van der Waals surface area contributed by atoms with E-state index in [9.17, 15) is 0 Å². The zero-order valence-corrected chi connectivity index (χ0v) is 11.0. The lowest BCUT2D eigenvalue weighted by Crippen LogP contribution is -2.12. The van der Waals surface area contributed by atoms with Crippen molar-refractivity contribution in [1.82, 2.24) is 30.5 Å². The molecule has 0 atom stereocenters. The van der Waals surface area contributed by atoms with Gasteiger partial charge in [-0.1, -0.05) is 42.1 Å². The standard InChI is InChI=1S/C13H14N6O/c1-2-14-8-11-9-20-13(15-11)19-17-12(16-18-19)10-6-4-3-5-7-10/h3-7,9,14H,2,8H2,1H3. The molecule has 1 aromatic carbocycles. The summed E-state index contributed by atoms with van der Waals surface area (Å²) >= 11 is 0. The Morgan fingerprint density at radius 2 is 2.10 bits per heavy atom. The van der Waals surface area contributed by atoms with Gasteiger partial charge in [0.05, 0.1) is 5.69 Å². The topological polar surface area (TPSA) is 81.7 Å². The molecule has 0 aliphatic heterocycles. The molecule has 1 N–H and O–H groups in total. The Labute approximate surface area is 115 Å². The fraction of sp³-hybridized carbons (Fsp3) is 0.231. The molecule has 0 amide bonds. The number of rotatable bonds is 5. The van der Waals surface area contributed by atoms with Crippen molar-refractivity contribution in [2.45, 2.75) is 13.5 Å². The fourth-order valence-corrected chi connectivity index (χ4v) is 1.72. The Bertz CT molecular complexity index is 675. The predicted octanol–water partition coefficient (Wildman–Crippen LogP) is 1.43. The summed E-state index contributed by atoms with van der Waals surface area (Å²) < 4.78 is 5.34. The molecular weight excluding hydrogens is 256 g/mol. The molecular formula is C13H14N6O. The van der Waals surface area contributed by atoms with E-state index in [4.69, 9.17) is 4.42 Å². The molecule has 7 nitrogen and oxygen atoms in total. The van der Waals surface area contributed by atoms with Gasteiger partial charge in [-0.15, -0.1) is 10.2 Å². The minimum Gasteiger partial charge on any atom is -0.429 e. The van der Waals surface area contributed by atoms with Gasteiger partial charge in [0.25, 0.3) is 0 Å². The molecule has 0 unspecified atom stereocenters. The van der Waals surface area contributed by atoms with Crippen molar-refractivity contribution in [3.05, 3.63) is 42.3 Å². The van der Waals surface area contributed by atoms with E-state index in [-0.39, 0.29) is 0 Å². The molecule has 0 fully saturated rings. The number of oxazole rings is 1. The summed E-state index contributed by atoms with van der Waals surface area (Å²) in [6.45, 7) is 3.56. The van der Waals surface area contributed by atoms with Gasteiger partial charge < -0.3 is 9.73 Å². The highest BCUT2D eigenvalue weighted by molar-refractivity contribution is 5.53. The maximum Gasteiger partial charge on any atom is 0.342 e. The fourth-order valence-electron chi connectivity index (χ4n) is 1.72. The highest BCUT2D eigenvalue weighted by Crippen LogP contribution is 2.13. The summed E-state index contributed by atoms with van der Waals surface area (Å²) in [6, 6.07) is 9.95. The molecule has 7 heteroatoms. The molecule has 0 spiro atoms. The Morgan fingerprint density at radius 3 is 2.90 bits per heavy atom. The van der Waals surface area contributed by atoms with Gasteiger partial charge in [0.1, 0.15) is 6.26 Å². The van der Waals surface area contributed by atoms with E-state index in [0.29, 0.717) is 18.4 Å². The van der Waals surface area contributed by atoms with Gasteiger partial charge in [-0.05, 0) is 11.8 Å². The Balaban J connectivity index is 1.81. The third-order valence-corrected chi connectivity index (χ3v) is 2.71. The second-order valence-corrected chi connectivity index (χ2v) is 4.17. The zero-order chi connectivity index (χ0) is 13.8. The second-order valence-electron chi connectivity index (χ2n) is 4.17. The Hall–Kier alpha value is -2.54. The molecule has 2 aromatic heterocycles. The van der Waals surface area contributed by atoms with Gasteiger partial charge >= 0.3 is 6.01 Å². The van der Waals surface area contributed by atoms with Crippen LogP contribution >= 0.6 is 0 Å². The molecule has 3 rings (SSSR count). The van der Waals surface area contributed by atoms with Crippen LogP contribution in [0.1, 0.15) is 12.6 Å². The largest absolute Gasteiger partial charge is 0.429 e. The van der Waals surface area contributed by atoms with Crippen LogP contribution in [-0.2, 0) is 6.54 Å². The second kappa shape index (κ2) is 5.62. The van der Waals surface area contributed by atoms with Gasteiger partial charge in [0.15, 0.2) is 0 Å². The summed E-state index contributed by atoms with van der Waals surface area (Å²) in [5, 5.41) is 15.4. The van der Waals surface area contributed by atoms with E-state index in [2.05, 4.69) is 25.7 Å². The van der Waals surface area contributed by atoms with E-state index >= 15 is 0 Å². The smallest absolute Gasteiger partial charge is 0.342 e. The van der Waals surface area contributed by atoms with Crippen LogP contribution in [-0.4, -0.2) is 31.7 Å². The monoisotopic (exact) mass is 270 g/mol. The van der Waals surface area contributed by atoms with Crippen LogP contribution in [0.25, 0.3) is 17.4 Å². The summed E-state index contributed by atoms with van der Waals surface area (Å²) in [7, 11) is 0. The SMILES string of the molecule is CCNCc1coc(-n2nnc(-c3ccccc3)n2)n1. The van der Waals surface area contributed by atoms with Gasteiger partial charge in [0.2, 0.25) is 5.82 Å². The average Bonchev–Trinajstić information content (AvgIpc) is 3.15. The van der Waals surface area contributed by atoms with Crippen LogP contribution in [0.4, 0.5) is 0 Å². The summed E-state index contributed by atoms with van der Waals surface area (Å²) in [5.41, 5.74) is 1.71. The maximum atomic E-state index is 5.34. The molecule has 0 radical (unpaired) electrons. The molecule has 0 saturated carbocycles. The number of tetrazole rings is 1. The van der Waals surface area contributed by atoms with Gasteiger partial charge in [0, 0.05) is 12.1 Å². The quantitative estimate of drug-likeness (QED) is 0.755. The first-order valence-corrected chi connectivity index (χ1v) is 6.37. The van der Waals surface area contributed by atoms with E-state index in [1.54, 1.807) is 6.26 Å². The Kier molecular flexibility index (Phi) is 3.51. The highest BCUT2D eigenvalue weighted by Gasteiger charge is 2.11. The predicted molar refractivity (Wildman–Crippen MR) is 72.0 cm³/mol. The van der Waals surface area contributed by atoms with E-state index in [1.807, 2.05) is 37.3 Å². The summed E-state index contributed by atoms with van der Waals surface area (Å²) in [6.07, 6.45) is 1.59. The number of nitrogens with one attached hydrogen (secondary N) is 1. The van der Waals surface area contributed by atoms with Crippen molar-refractivity contribution in [3.8, 4) is 17.4 Å². The van der Waals surface area contributed by atoms with E-state index < -0.39 is 0 Å². The lowest BCUT2D eigenvalue weighted by molar-refractivity contribution is 0.481. The summed E-state index contributed by atoms with van der Waals surface area (Å²) in [5.74, 6) is 0.539. The normalized spacial score (nSPS) is 10.8. The zero-order valence-electron chi connectivity index (χ0n) is 11.0. The van der Waals surface area contributed by atoms with Crippen molar-refractivity contribution in [2.75, 3.05) is 6.54 Å². The number of aromatic nitrogens is 5. The highest BCUT2D eigenvalue weighted by atomic mass is 16.4. The third kappa shape index (κ3) is 2.57. The molecule has 0 bridgehead atoms. The van der Waals surface area contributed by atoms with Crippen LogP contribution < -0.4 is 5.32 Å². The number of benzene rings is 1. The van der Waals surface area contributed by atoms with Crippen LogP contribution in [0.5, 0.6) is 0 Å². The number of hydrogen-bond donors (Lipinski definition) is 1. The maximum absolute atomic E-state index is 5.34. The van der Waals surface area contributed by atoms with Crippen molar-refractivity contribution in [3.63, 3.8) is 0 Å². The minimum absolute atomic E-state index is 0.313. The molecule has 0 aliphatic carbocycles. The number of hydrogen-bond acceptors (Lipinski definition) is 6. The molecule has 102 valence electrons. The van der Waals surface area contributed by atoms with Gasteiger partial charge in [-0.25, -0.2) is 0 Å². The van der Waals surface area contributed by atoms with E-state index in [0.717, 1.165) is 17.8 Å².